The molecule has 1 saturated heterocycles. The fraction of sp³-hybridized carbons (Fsp3) is 0.500. The fourth-order valence-corrected chi connectivity index (χ4v) is 1.74. The highest BCUT2D eigenvalue weighted by atomic mass is 16.7. The Hall–Kier alpha value is -1.40. The highest BCUT2D eigenvalue weighted by Gasteiger charge is 2.52. The molecule has 2 heterocycles. The summed E-state index contributed by atoms with van der Waals surface area (Å²) >= 11 is 0. The van der Waals surface area contributed by atoms with Gasteiger partial charge in [-0.1, -0.05) is 0 Å². The Kier molecular flexibility index (Phi) is 2.95. The summed E-state index contributed by atoms with van der Waals surface area (Å²) < 4.78 is 11.7. The van der Waals surface area contributed by atoms with Crippen LogP contribution in [0.4, 0.5) is 5.69 Å². The molecule has 0 radical (unpaired) electrons. The van der Waals surface area contributed by atoms with Gasteiger partial charge in [-0.05, 0) is 39.8 Å². The van der Waals surface area contributed by atoms with Gasteiger partial charge in [-0.3, -0.25) is 9.78 Å². The molecule has 0 amide bonds. The van der Waals surface area contributed by atoms with E-state index in [1.807, 2.05) is 27.7 Å². The number of hydrogen-bond donors (Lipinski definition) is 1. The van der Waals surface area contributed by atoms with Crippen molar-refractivity contribution in [3.8, 4) is 0 Å². The van der Waals surface area contributed by atoms with Crippen LogP contribution in [-0.4, -0.2) is 29.6 Å². The van der Waals surface area contributed by atoms with Crippen molar-refractivity contribution in [2.24, 2.45) is 0 Å². The monoisotopic (exact) mass is 248 g/mol. The van der Waals surface area contributed by atoms with Crippen LogP contribution in [0.25, 0.3) is 0 Å². The van der Waals surface area contributed by atoms with Gasteiger partial charge in [0.15, 0.2) is 6.29 Å². The van der Waals surface area contributed by atoms with E-state index in [2.05, 4.69) is 4.98 Å². The molecule has 1 fully saturated rings. The van der Waals surface area contributed by atoms with Gasteiger partial charge >= 0.3 is 7.12 Å². The number of carbonyl (C=O) groups is 1. The normalized spacial score (nSPS) is 21.0. The van der Waals surface area contributed by atoms with E-state index < -0.39 is 18.3 Å². The molecule has 0 bridgehead atoms. The van der Waals surface area contributed by atoms with Crippen LogP contribution in [0.2, 0.25) is 0 Å². The van der Waals surface area contributed by atoms with Crippen LogP contribution in [0.1, 0.15) is 38.2 Å². The first kappa shape index (κ1) is 13.0. The Morgan fingerprint density at radius 1 is 1.22 bits per heavy atom. The molecule has 18 heavy (non-hydrogen) atoms. The van der Waals surface area contributed by atoms with Gasteiger partial charge < -0.3 is 15.0 Å². The molecule has 0 atom stereocenters. The minimum absolute atomic E-state index is 0.278. The molecule has 1 aromatic heterocycles. The van der Waals surface area contributed by atoms with Crippen LogP contribution in [0.5, 0.6) is 0 Å². The Labute approximate surface area is 107 Å². The first-order valence-corrected chi connectivity index (χ1v) is 5.83. The number of nitrogen functional groups attached to an aromatic ring is 1. The van der Waals surface area contributed by atoms with E-state index in [1.54, 1.807) is 6.07 Å². The van der Waals surface area contributed by atoms with Crippen molar-refractivity contribution in [3.63, 3.8) is 0 Å². The minimum Gasteiger partial charge on any atom is -0.399 e. The molecule has 1 aliphatic rings. The molecule has 0 unspecified atom stereocenters. The van der Waals surface area contributed by atoms with Crippen LogP contribution < -0.4 is 11.3 Å². The van der Waals surface area contributed by atoms with Gasteiger partial charge in [0.1, 0.15) is 5.69 Å². The topological polar surface area (TPSA) is 74.4 Å². The third-order valence-corrected chi connectivity index (χ3v) is 3.50. The molecule has 2 rings (SSSR count). The second kappa shape index (κ2) is 4.07. The van der Waals surface area contributed by atoms with Crippen LogP contribution in [-0.2, 0) is 9.31 Å². The third-order valence-electron chi connectivity index (χ3n) is 3.50. The summed E-state index contributed by atoms with van der Waals surface area (Å²) in [5.74, 6) is 0. The summed E-state index contributed by atoms with van der Waals surface area (Å²) in [5, 5.41) is 0. The van der Waals surface area contributed by atoms with E-state index in [0.717, 1.165) is 0 Å². The summed E-state index contributed by atoms with van der Waals surface area (Å²) in [7, 11) is -0.600. The largest absolute Gasteiger partial charge is 0.514 e. The Bertz CT molecular complexity index is 472. The molecule has 0 aliphatic carbocycles. The van der Waals surface area contributed by atoms with Crippen molar-refractivity contribution in [1.29, 1.82) is 0 Å². The van der Waals surface area contributed by atoms with Crippen molar-refractivity contribution in [2.75, 3.05) is 5.73 Å². The molecule has 2 N–H and O–H groups in total. The Morgan fingerprint density at radius 3 is 2.28 bits per heavy atom. The van der Waals surface area contributed by atoms with Gasteiger partial charge in [-0.2, -0.15) is 0 Å². The third kappa shape index (κ3) is 2.13. The van der Waals surface area contributed by atoms with E-state index in [0.29, 0.717) is 17.6 Å². The quantitative estimate of drug-likeness (QED) is 0.618. The number of nitrogens with two attached hydrogens (primary N) is 1. The summed E-state index contributed by atoms with van der Waals surface area (Å²) in [6.45, 7) is 7.83. The summed E-state index contributed by atoms with van der Waals surface area (Å²) in [5.41, 5.74) is 6.12. The highest BCUT2D eigenvalue weighted by Crippen LogP contribution is 2.36. The predicted octanol–water partition coefficient (Wildman–Crippen LogP) is 0.775. The Balaban J connectivity index is 2.35. The molecule has 96 valence electrons. The number of rotatable bonds is 2. The lowest BCUT2D eigenvalue weighted by atomic mass is 9.84. The van der Waals surface area contributed by atoms with Gasteiger partial charge in [-0.15, -0.1) is 0 Å². The summed E-state index contributed by atoms with van der Waals surface area (Å²) in [6.07, 6.45) is 0.658. The number of carbonyl (C=O) groups excluding carboxylic acids is 1. The Morgan fingerprint density at radius 2 is 1.78 bits per heavy atom. The van der Waals surface area contributed by atoms with Gasteiger partial charge in [0.2, 0.25) is 0 Å². The first-order valence-electron chi connectivity index (χ1n) is 5.83. The molecule has 5 nitrogen and oxygen atoms in total. The zero-order valence-corrected chi connectivity index (χ0v) is 11.1. The zero-order valence-electron chi connectivity index (χ0n) is 11.1. The lowest BCUT2D eigenvalue weighted by Crippen LogP contribution is -2.41. The van der Waals surface area contributed by atoms with E-state index in [-0.39, 0.29) is 5.69 Å². The smallest absolute Gasteiger partial charge is 0.399 e. The van der Waals surface area contributed by atoms with Crippen molar-refractivity contribution >= 4 is 24.7 Å². The van der Waals surface area contributed by atoms with Crippen molar-refractivity contribution in [2.45, 2.75) is 38.9 Å². The number of anilines is 1. The lowest BCUT2D eigenvalue weighted by Gasteiger charge is -2.32. The molecule has 1 aromatic rings. The highest BCUT2D eigenvalue weighted by molar-refractivity contribution is 6.61. The predicted molar refractivity (Wildman–Crippen MR) is 69.8 cm³/mol. The van der Waals surface area contributed by atoms with Crippen molar-refractivity contribution < 1.29 is 14.1 Å². The maximum atomic E-state index is 10.8. The molecule has 0 aromatic carbocycles. The second-order valence-corrected chi connectivity index (χ2v) is 5.46. The molecule has 1 aliphatic heterocycles. The number of nitrogens with zero attached hydrogens (tertiary/aromatic N) is 1. The maximum Gasteiger partial charge on any atom is 0.514 e. The van der Waals surface area contributed by atoms with Gasteiger partial charge in [0, 0.05) is 5.69 Å². The summed E-state index contributed by atoms with van der Waals surface area (Å²) in [4.78, 5) is 14.9. The fourth-order valence-electron chi connectivity index (χ4n) is 1.74. The van der Waals surface area contributed by atoms with Crippen LogP contribution >= 0.6 is 0 Å². The lowest BCUT2D eigenvalue weighted by molar-refractivity contribution is 0.00578. The molecular formula is C12H17BN2O3. The molecule has 0 spiro atoms. The second-order valence-electron chi connectivity index (χ2n) is 5.46. The molecule has 6 heteroatoms. The number of aromatic nitrogens is 1. The van der Waals surface area contributed by atoms with Crippen LogP contribution in [0, 0.1) is 0 Å². The average Bonchev–Trinajstić information content (AvgIpc) is 2.47. The van der Waals surface area contributed by atoms with Gasteiger partial charge in [-0.25, -0.2) is 0 Å². The van der Waals surface area contributed by atoms with Gasteiger partial charge in [0.05, 0.1) is 16.8 Å². The molecule has 0 saturated carbocycles. The number of aldehydes is 1. The first-order chi connectivity index (χ1) is 8.25. The maximum absolute atomic E-state index is 10.8. The van der Waals surface area contributed by atoms with Crippen molar-refractivity contribution in [3.05, 3.63) is 17.8 Å². The summed E-state index contributed by atoms with van der Waals surface area (Å²) in [6, 6.07) is 3.18. The van der Waals surface area contributed by atoms with Crippen LogP contribution in [0.3, 0.4) is 0 Å². The zero-order chi connectivity index (χ0) is 13.6. The van der Waals surface area contributed by atoms with Gasteiger partial charge in [0.25, 0.3) is 0 Å². The van der Waals surface area contributed by atoms with E-state index in [4.69, 9.17) is 15.0 Å². The van der Waals surface area contributed by atoms with E-state index >= 15 is 0 Å². The van der Waals surface area contributed by atoms with Crippen molar-refractivity contribution in [1.82, 2.24) is 4.98 Å². The number of hydrogen-bond acceptors (Lipinski definition) is 5. The van der Waals surface area contributed by atoms with Crippen LogP contribution in [0.15, 0.2) is 12.1 Å². The minimum atomic E-state index is -0.600. The van der Waals surface area contributed by atoms with E-state index in [9.17, 15) is 4.79 Å². The average molecular weight is 248 g/mol. The SMILES string of the molecule is CC1(C)OB(c2cc(N)cc(C=O)n2)OC1(C)C. The standard InChI is InChI=1S/C12H17BN2O3/c1-11(2)12(3,4)18-13(17-11)10-6-8(14)5-9(7-16)15-10/h5-7H,1-4H3,(H2,14,15). The van der Waals surface area contributed by atoms with E-state index in [1.165, 1.54) is 6.07 Å². The number of pyridine rings is 1. The molecular weight excluding hydrogens is 231 g/mol.